The highest BCUT2D eigenvalue weighted by atomic mass is 16.5. The van der Waals surface area contributed by atoms with Gasteiger partial charge in [-0.25, -0.2) is 4.79 Å². The number of amidine groups is 1. The molecule has 2 amide bonds. The van der Waals surface area contributed by atoms with Gasteiger partial charge < -0.3 is 15.4 Å². The van der Waals surface area contributed by atoms with Gasteiger partial charge in [0.15, 0.2) is 0 Å². The molecule has 0 bridgehead atoms. The number of hydrogen-bond donors (Lipinski definition) is 1. The van der Waals surface area contributed by atoms with Gasteiger partial charge in [0, 0.05) is 32.6 Å². The van der Waals surface area contributed by atoms with Gasteiger partial charge in [-0.15, -0.1) is 0 Å². The number of nitrogens with two attached hydrogens (primary N) is 1. The molecular formula is C10H17N3O2. The predicted octanol–water partition coefficient (Wildman–Crippen LogP) is 0.738. The Bertz CT molecular complexity index is 295. The Labute approximate surface area is 89.3 Å². The summed E-state index contributed by atoms with van der Waals surface area (Å²) < 4.78 is 5.32. The van der Waals surface area contributed by atoms with Crippen LogP contribution in [0.1, 0.15) is 26.2 Å². The first kappa shape index (κ1) is 10.4. The molecule has 5 nitrogen and oxygen atoms in total. The summed E-state index contributed by atoms with van der Waals surface area (Å²) in [5.74, 6) is 0.476. The number of carbonyl (C=O) groups is 1. The number of rotatable bonds is 2. The molecular weight excluding hydrogens is 194 g/mol. The topological polar surface area (TPSA) is 67.9 Å². The maximum atomic E-state index is 11.7. The van der Waals surface area contributed by atoms with E-state index in [-0.39, 0.29) is 11.6 Å². The van der Waals surface area contributed by atoms with Crippen LogP contribution in [0.3, 0.4) is 0 Å². The summed E-state index contributed by atoms with van der Waals surface area (Å²) in [6.07, 6.45) is 2.47. The second-order valence-corrected chi connectivity index (χ2v) is 4.08. The largest absolute Gasteiger partial charge is 0.385 e. The Morgan fingerprint density at radius 1 is 1.53 bits per heavy atom. The zero-order chi connectivity index (χ0) is 10.9. The number of aliphatic imine (C=N–C) groups is 1. The first-order chi connectivity index (χ1) is 7.20. The minimum Gasteiger partial charge on any atom is -0.385 e. The number of amides is 2. The zero-order valence-corrected chi connectivity index (χ0v) is 9.03. The number of urea groups is 1. The van der Waals surface area contributed by atoms with Crippen LogP contribution in [0.2, 0.25) is 0 Å². The molecule has 2 aliphatic rings. The second-order valence-electron chi connectivity index (χ2n) is 4.08. The Morgan fingerprint density at radius 2 is 2.20 bits per heavy atom. The highest BCUT2D eigenvalue weighted by Gasteiger charge is 2.48. The maximum absolute atomic E-state index is 11.7. The quantitative estimate of drug-likeness (QED) is 0.732. The van der Waals surface area contributed by atoms with Crippen molar-refractivity contribution >= 4 is 11.9 Å². The SMILES string of the molecule is CCCN1C(=O)N=C(N)C12CCOCC2. The minimum atomic E-state index is -0.342. The Kier molecular flexibility index (Phi) is 2.65. The molecule has 15 heavy (non-hydrogen) atoms. The van der Waals surface area contributed by atoms with Gasteiger partial charge in [-0.3, -0.25) is 0 Å². The molecule has 0 aromatic heterocycles. The van der Waals surface area contributed by atoms with E-state index in [9.17, 15) is 4.79 Å². The predicted molar refractivity (Wildman–Crippen MR) is 56.8 cm³/mol. The van der Waals surface area contributed by atoms with Crippen molar-refractivity contribution in [1.82, 2.24) is 4.90 Å². The van der Waals surface area contributed by atoms with Crippen LogP contribution in [0.4, 0.5) is 4.79 Å². The summed E-state index contributed by atoms with van der Waals surface area (Å²) in [5, 5.41) is 0. The molecule has 1 spiro atoms. The van der Waals surface area contributed by atoms with Crippen LogP contribution in [0.15, 0.2) is 4.99 Å². The summed E-state index contributed by atoms with van der Waals surface area (Å²) in [6, 6.07) is -0.184. The summed E-state index contributed by atoms with van der Waals surface area (Å²) in [6.45, 7) is 4.09. The molecule has 2 heterocycles. The monoisotopic (exact) mass is 211 g/mol. The van der Waals surface area contributed by atoms with Crippen LogP contribution in [0.5, 0.6) is 0 Å². The lowest BCUT2D eigenvalue weighted by atomic mass is 9.88. The van der Waals surface area contributed by atoms with Crippen molar-refractivity contribution in [2.75, 3.05) is 19.8 Å². The third-order valence-electron chi connectivity index (χ3n) is 3.21. The lowest BCUT2D eigenvalue weighted by Crippen LogP contribution is -2.57. The third kappa shape index (κ3) is 1.51. The summed E-state index contributed by atoms with van der Waals surface area (Å²) >= 11 is 0. The molecule has 0 atom stereocenters. The summed E-state index contributed by atoms with van der Waals surface area (Å²) in [7, 11) is 0. The molecule has 0 unspecified atom stereocenters. The second kappa shape index (κ2) is 3.81. The van der Waals surface area contributed by atoms with Crippen LogP contribution in [-0.2, 0) is 4.74 Å². The highest BCUT2D eigenvalue weighted by Crippen LogP contribution is 2.33. The normalized spacial score (nSPS) is 24.7. The van der Waals surface area contributed by atoms with Gasteiger partial charge in [0.25, 0.3) is 0 Å². The maximum Gasteiger partial charge on any atom is 0.346 e. The van der Waals surface area contributed by atoms with Crippen LogP contribution >= 0.6 is 0 Å². The van der Waals surface area contributed by atoms with Crippen molar-refractivity contribution in [3.8, 4) is 0 Å². The Balaban J connectivity index is 2.25. The van der Waals surface area contributed by atoms with Crippen molar-refractivity contribution < 1.29 is 9.53 Å². The zero-order valence-electron chi connectivity index (χ0n) is 9.03. The van der Waals surface area contributed by atoms with Crippen molar-refractivity contribution in [3.63, 3.8) is 0 Å². The smallest absolute Gasteiger partial charge is 0.346 e. The van der Waals surface area contributed by atoms with Crippen molar-refractivity contribution in [2.45, 2.75) is 31.7 Å². The minimum absolute atomic E-state index is 0.184. The van der Waals surface area contributed by atoms with Gasteiger partial charge in [-0.05, 0) is 6.42 Å². The molecule has 5 heteroatoms. The van der Waals surface area contributed by atoms with Crippen molar-refractivity contribution in [2.24, 2.45) is 10.7 Å². The lowest BCUT2D eigenvalue weighted by molar-refractivity contribution is 0.0278. The molecule has 0 aromatic rings. The van der Waals surface area contributed by atoms with Crippen molar-refractivity contribution in [1.29, 1.82) is 0 Å². The van der Waals surface area contributed by atoms with Crippen LogP contribution in [0.25, 0.3) is 0 Å². The van der Waals surface area contributed by atoms with Crippen LogP contribution in [0, 0.1) is 0 Å². The van der Waals surface area contributed by atoms with Gasteiger partial charge >= 0.3 is 6.03 Å². The molecule has 2 rings (SSSR count). The van der Waals surface area contributed by atoms with E-state index in [0.717, 1.165) is 25.8 Å². The molecule has 2 aliphatic heterocycles. The number of carbonyl (C=O) groups excluding carboxylic acids is 1. The number of ether oxygens (including phenoxy) is 1. The van der Waals surface area contributed by atoms with Gasteiger partial charge in [0.2, 0.25) is 0 Å². The van der Waals surface area contributed by atoms with Gasteiger partial charge in [-0.2, -0.15) is 4.99 Å². The molecule has 2 N–H and O–H groups in total. The van der Waals surface area contributed by atoms with Gasteiger partial charge in [-0.1, -0.05) is 6.92 Å². The molecule has 84 valence electrons. The number of hydrogen-bond acceptors (Lipinski definition) is 3. The average Bonchev–Trinajstić information content (AvgIpc) is 2.45. The Hall–Kier alpha value is -1.10. The summed E-state index contributed by atoms with van der Waals surface area (Å²) in [4.78, 5) is 17.4. The molecule has 0 aromatic carbocycles. The number of nitrogens with zero attached hydrogens (tertiary/aromatic N) is 2. The van der Waals surface area contributed by atoms with E-state index in [4.69, 9.17) is 10.5 Å². The molecule has 0 saturated carbocycles. The van der Waals surface area contributed by atoms with Gasteiger partial charge in [0.05, 0.1) is 0 Å². The summed E-state index contributed by atoms with van der Waals surface area (Å²) in [5.41, 5.74) is 5.55. The van der Waals surface area contributed by atoms with E-state index < -0.39 is 0 Å². The van der Waals surface area contributed by atoms with E-state index in [2.05, 4.69) is 11.9 Å². The van der Waals surface area contributed by atoms with E-state index in [0.29, 0.717) is 19.0 Å². The molecule has 1 fully saturated rings. The van der Waals surface area contributed by atoms with Gasteiger partial charge in [0.1, 0.15) is 11.4 Å². The lowest BCUT2D eigenvalue weighted by Gasteiger charge is -2.40. The fraction of sp³-hybridized carbons (Fsp3) is 0.800. The fourth-order valence-electron chi connectivity index (χ4n) is 2.36. The first-order valence-corrected chi connectivity index (χ1v) is 5.45. The highest BCUT2D eigenvalue weighted by molar-refractivity contribution is 6.05. The van der Waals surface area contributed by atoms with E-state index in [1.165, 1.54) is 0 Å². The van der Waals surface area contributed by atoms with Crippen LogP contribution < -0.4 is 5.73 Å². The first-order valence-electron chi connectivity index (χ1n) is 5.45. The standard InChI is InChI=1S/C10H17N3O2/c1-2-5-13-9(14)12-8(11)10(13)3-6-15-7-4-10/h2-7H2,1H3,(H2,11,12,14). The van der Waals surface area contributed by atoms with Crippen molar-refractivity contribution in [3.05, 3.63) is 0 Å². The molecule has 0 aliphatic carbocycles. The fourth-order valence-corrected chi connectivity index (χ4v) is 2.36. The Morgan fingerprint density at radius 3 is 2.80 bits per heavy atom. The van der Waals surface area contributed by atoms with E-state index in [1.54, 1.807) is 0 Å². The molecule has 1 saturated heterocycles. The molecule has 0 radical (unpaired) electrons. The average molecular weight is 211 g/mol. The van der Waals surface area contributed by atoms with E-state index >= 15 is 0 Å². The van der Waals surface area contributed by atoms with E-state index in [1.807, 2.05) is 4.90 Å². The van der Waals surface area contributed by atoms with Crippen LogP contribution in [-0.4, -0.2) is 42.1 Å². The third-order valence-corrected chi connectivity index (χ3v) is 3.21.